The highest BCUT2D eigenvalue weighted by molar-refractivity contribution is 5.93. The van der Waals surface area contributed by atoms with Crippen molar-refractivity contribution in [2.24, 2.45) is 5.92 Å². The second-order valence-electron chi connectivity index (χ2n) is 8.47. The summed E-state index contributed by atoms with van der Waals surface area (Å²) in [6.45, 7) is 2.03. The number of piperidine rings is 1. The summed E-state index contributed by atoms with van der Waals surface area (Å²) in [6, 6.07) is 19.5. The number of halogens is 2. The van der Waals surface area contributed by atoms with E-state index >= 15 is 0 Å². The number of nitrogens with zero attached hydrogens (tertiary/aromatic N) is 2. The molecule has 0 bridgehead atoms. The van der Waals surface area contributed by atoms with Gasteiger partial charge >= 0.3 is 0 Å². The molecule has 0 atom stereocenters. The van der Waals surface area contributed by atoms with Gasteiger partial charge in [0.05, 0.1) is 11.0 Å². The largest absolute Gasteiger partial charge is 0.338 e. The number of fused-ring (bicyclic) bond motifs is 1. The third-order valence-corrected chi connectivity index (χ3v) is 6.16. The lowest BCUT2D eigenvalue weighted by molar-refractivity contribution is -0.121. The number of benzene rings is 3. The average Bonchev–Trinajstić information content (AvgIpc) is 3.27. The zero-order valence-electron chi connectivity index (χ0n) is 18.0. The highest BCUT2D eigenvalue weighted by atomic mass is 19.2. The number of para-hydroxylation sites is 2. The second-order valence-corrected chi connectivity index (χ2v) is 8.47. The Bertz CT molecular complexity index is 1240. The smallest absolute Gasteiger partial charge is 0.227 e. The lowest BCUT2D eigenvalue weighted by Gasteiger charge is -2.31. The number of H-pyrrole nitrogens is 1. The second kappa shape index (κ2) is 9.11. The van der Waals surface area contributed by atoms with E-state index in [0.717, 1.165) is 65.7 Å². The van der Waals surface area contributed by atoms with E-state index in [-0.39, 0.29) is 11.8 Å². The standard InChI is InChI=1S/C26H24F2N4O/c27-21-10-5-17(15-22(21)28)16-32-13-11-19(12-14-32)26(33)29-20-8-6-18(7-9-20)25-30-23-3-1-2-4-24(23)31-25/h1-10,15,19H,11-14,16H2,(H,29,33)(H,30,31). The number of aromatic nitrogens is 2. The zero-order valence-corrected chi connectivity index (χ0v) is 18.0. The molecule has 7 heteroatoms. The number of aromatic amines is 1. The number of anilines is 1. The Kier molecular flexibility index (Phi) is 5.88. The molecular formula is C26H24F2N4O. The number of rotatable bonds is 5. The van der Waals surface area contributed by atoms with Crippen molar-refractivity contribution < 1.29 is 13.6 Å². The number of likely N-dealkylation sites (tertiary alicyclic amines) is 1. The summed E-state index contributed by atoms with van der Waals surface area (Å²) in [5.41, 5.74) is 4.35. The summed E-state index contributed by atoms with van der Waals surface area (Å²) >= 11 is 0. The number of amides is 1. The van der Waals surface area contributed by atoms with Gasteiger partial charge < -0.3 is 10.3 Å². The van der Waals surface area contributed by atoms with Crippen LogP contribution in [0.5, 0.6) is 0 Å². The Labute approximate surface area is 190 Å². The summed E-state index contributed by atoms with van der Waals surface area (Å²) in [7, 11) is 0. The van der Waals surface area contributed by atoms with E-state index < -0.39 is 11.6 Å². The van der Waals surface area contributed by atoms with Crippen molar-refractivity contribution in [3.8, 4) is 11.4 Å². The van der Waals surface area contributed by atoms with Crippen LogP contribution in [0.4, 0.5) is 14.5 Å². The third kappa shape index (κ3) is 4.78. The van der Waals surface area contributed by atoms with Crippen molar-refractivity contribution in [3.05, 3.63) is 83.9 Å². The monoisotopic (exact) mass is 446 g/mol. The van der Waals surface area contributed by atoms with E-state index in [9.17, 15) is 13.6 Å². The fourth-order valence-corrected chi connectivity index (χ4v) is 4.29. The number of hydrogen-bond donors (Lipinski definition) is 2. The lowest BCUT2D eigenvalue weighted by atomic mass is 9.95. The Balaban J connectivity index is 1.15. The number of carbonyl (C=O) groups is 1. The Hall–Kier alpha value is -3.58. The molecule has 0 spiro atoms. The first-order valence-corrected chi connectivity index (χ1v) is 11.1. The summed E-state index contributed by atoms with van der Waals surface area (Å²) in [5.74, 6) is -0.921. The Morgan fingerprint density at radius 1 is 1.00 bits per heavy atom. The van der Waals surface area contributed by atoms with Crippen LogP contribution in [0.15, 0.2) is 66.7 Å². The number of nitrogens with one attached hydrogen (secondary N) is 2. The fourth-order valence-electron chi connectivity index (χ4n) is 4.29. The molecule has 1 amide bonds. The van der Waals surface area contributed by atoms with Crippen molar-refractivity contribution in [2.45, 2.75) is 19.4 Å². The van der Waals surface area contributed by atoms with Gasteiger partial charge in [0.1, 0.15) is 5.82 Å². The molecule has 2 N–H and O–H groups in total. The predicted molar refractivity (Wildman–Crippen MR) is 125 cm³/mol. The van der Waals surface area contributed by atoms with E-state index in [4.69, 9.17) is 0 Å². The highest BCUT2D eigenvalue weighted by Gasteiger charge is 2.25. The molecule has 1 aromatic heterocycles. The molecule has 1 fully saturated rings. The van der Waals surface area contributed by atoms with E-state index in [2.05, 4.69) is 20.2 Å². The van der Waals surface area contributed by atoms with Gasteiger partial charge in [0.25, 0.3) is 0 Å². The molecule has 3 aromatic carbocycles. The molecular weight excluding hydrogens is 422 g/mol. The van der Waals surface area contributed by atoms with Crippen LogP contribution in [-0.4, -0.2) is 33.9 Å². The maximum atomic E-state index is 13.4. The first-order valence-electron chi connectivity index (χ1n) is 11.1. The third-order valence-electron chi connectivity index (χ3n) is 6.16. The van der Waals surface area contributed by atoms with Gasteiger partial charge in [0.2, 0.25) is 5.91 Å². The molecule has 5 nitrogen and oxygen atoms in total. The van der Waals surface area contributed by atoms with Crippen LogP contribution in [0.1, 0.15) is 18.4 Å². The van der Waals surface area contributed by atoms with Crippen LogP contribution in [0.25, 0.3) is 22.4 Å². The normalized spacial score (nSPS) is 15.1. The highest BCUT2D eigenvalue weighted by Crippen LogP contribution is 2.24. The van der Waals surface area contributed by atoms with Crippen molar-refractivity contribution in [2.75, 3.05) is 18.4 Å². The van der Waals surface area contributed by atoms with Crippen molar-refractivity contribution >= 4 is 22.6 Å². The van der Waals surface area contributed by atoms with Crippen LogP contribution in [0.2, 0.25) is 0 Å². The van der Waals surface area contributed by atoms with Gasteiger partial charge in [-0.1, -0.05) is 18.2 Å². The lowest BCUT2D eigenvalue weighted by Crippen LogP contribution is -2.37. The van der Waals surface area contributed by atoms with Gasteiger partial charge in [-0.05, 0) is 80.0 Å². The minimum atomic E-state index is -0.834. The van der Waals surface area contributed by atoms with Crippen molar-refractivity contribution in [1.29, 1.82) is 0 Å². The molecule has 2 heterocycles. The number of hydrogen-bond acceptors (Lipinski definition) is 3. The van der Waals surface area contributed by atoms with Gasteiger partial charge in [0, 0.05) is 23.7 Å². The van der Waals surface area contributed by atoms with E-state index in [1.54, 1.807) is 6.07 Å². The summed E-state index contributed by atoms with van der Waals surface area (Å²) in [5, 5.41) is 3.02. The molecule has 1 aliphatic heterocycles. The predicted octanol–water partition coefficient (Wildman–Crippen LogP) is 5.36. The first-order chi connectivity index (χ1) is 16.0. The molecule has 1 saturated heterocycles. The maximum Gasteiger partial charge on any atom is 0.227 e. The van der Waals surface area contributed by atoms with Gasteiger partial charge in [0.15, 0.2) is 11.6 Å². The van der Waals surface area contributed by atoms with Gasteiger partial charge in [-0.25, -0.2) is 13.8 Å². The van der Waals surface area contributed by atoms with Gasteiger partial charge in [-0.15, -0.1) is 0 Å². The molecule has 1 aliphatic rings. The topological polar surface area (TPSA) is 61.0 Å². The van der Waals surface area contributed by atoms with Crippen LogP contribution in [0, 0.1) is 17.6 Å². The molecule has 0 unspecified atom stereocenters. The van der Waals surface area contributed by atoms with Crippen LogP contribution in [-0.2, 0) is 11.3 Å². The van der Waals surface area contributed by atoms with Crippen molar-refractivity contribution in [1.82, 2.24) is 14.9 Å². The van der Waals surface area contributed by atoms with E-state index in [1.165, 1.54) is 6.07 Å². The van der Waals surface area contributed by atoms with Gasteiger partial charge in [-0.2, -0.15) is 0 Å². The molecule has 0 aliphatic carbocycles. The quantitative estimate of drug-likeness (QED) is 0.434. The zero-order chi connectivity index (χ0) is 22.8. The molecule has 33 heavy (non-hydrogen) atoms. The molecule has 0 radical (unpaired) electrons. The van der Waals surface area contributed by atoms with Crippen LogP contribution in [0.3, 0.4) is 0 Å². The summed E-state index contributed by atoms with van der Waals surface area (Å²) in [6.07, 6.45) is 1.46. The Morgan fingerprint density at radius 3 is 2.48 bits per heavy atom. The summed E-state index contributed by atoms with van der Waals surface area (Å²) in [4.78, 5) is 22.8. The summed E-state index contributed by atoms with van der Waals surface area (Å²) < 4.78 is 26.5. The Morgan fingerprint density at radius 2 is 1.76 bits per heavy atom. The molecule has 5 rings (SSSR count). The molecule has 168 valence electrons. The number of imidazole rings is 1. The average molecular weight is 447 g/mol. The van der Waals surface area contributed by atoms with Crippen molar-refractivity contribution in [3.63, 3.8) is 0 Å². The van der Waals surface area contributed by atoms with Crippen LogP contribution < -0.4 is 5.32 Å². The van der Waals surface area contributed by atoms with Crippen LogP contribution >= 0.6 is 0 Å². The fraction of sp³-hybridized carbons (Fsp3) is 0.231. The maximum absolute atomic E-state index is 13.4. The van der Waals surface area contributed by atoms with E-state index in [1.807, 2.05) is 48.5 Å². The minimum absolute atomic E-state index is 0.0129. The first kappa shape index (κ1) is 21.3. The molecule has 4 aromatic rings. The SMILES string of the molecule is O=C(Nc1ccc(-c2nc3ccccc3[nH]2)cc1)C1CCN(Cc2ccc(F)c(F)c2)CC1. The molecule has 0 saturated carbocycles. The van der Waals surface area contributed by atoms with E-state index in [0.29, 0.717) is 6.54 Å². The number of carbonyl (C=O) groups excluding carboxylic acids is 1. The minimum Gasteiger partial charge on any atom is -0.338 e. The van der Waals surface area contributed by atoms with Gasteiger partial charge in [-0.3, -0.25) is 9.69 Å².